The summed E-state index contributed by atoms with van der Waals surface area (Å²) in [7, 11) is 1.56. The number of piperidine rings is 1. The van der Waals surface area contributed by atoms with Crippen LogP contribution < -0.4 is 9.64 Å². The standard InChI is InChI=1S/C35H44FN3O4/c1-5-26(6-2)38-16-13-25-19-24(20-30(36)27(25)14-17-38)22-43-34-23(3)9-7-10-28(34)31-11-8-12-33(37-31)39-18-15-29(35(40)41)32(21-39)42-4/h7-12,19-20,26,29,32H,5-6,13-18,21-22H2,1-4H3,(H,40,41). The van der Waals surface area contributed by atoms with Crippen LogP contribution >= 0.6 is 0 Å². The lowest BCUT2D eigenvalue weighted by molar-refractivity contribution is -0.147. The molecule has 3 aromatic rings. The monoisotopic (exact) mass is 589 g/mol. The first-order chi connectivity index (χ1) is 20.8. The molecule has 8 heteroatoms. The van der Waals surface area contributed by atoms with Crippen molar-refractivity contribution in [3.8, 4) is 17.0 Å². The molecule has 0 bridgehead atoms. The van der Waals surface area contributed by atoms with E-state index in [-0.39, 0.29) is 12.4 Å². The minimum absolute atomic E-state index is 0.136. The summed E-state index contributed by atoms with van der Waals surface area (Å²) in [4.78, 5) is 21.2. The van der Waals surface area contributed by atoms with E-state index >= 15 is 4.39 Å². The molecule has 1 N–H and O–H groups in total. The van der Waals surface area contributed by atoms with E-state index in [2.05, 4.69) is 29.7 Å². The van der Waals surface area contributed by atoms with Crippen LogP contribution in [-0.4, -0.2) is 66.4 Å². The van der Waals surface area contributed by atoms with Gasteiger partial charge < -0.3 is 19.5 Å². The molecule has 3 heterocycles. The number of nitrogens with zero attached hydrogens (tertiary/aromatic N) is 3. The van der Waals surface area contributed by atoms with Crippen molar-refractivity contribution in [3.63, 3.8) is 0 Å². The average molecular weight is 590 g/mol. The molecule has 5 rings (SSSR count). The van der Waals surface area contributed by atoms with E-state index in [0.29, 0.717) is 25.6 Å². The van der Waals surface area contributed by atoms with Crippen LogP contribution in [0.5, 0.6) is 5.75 Å². The van der Waals surface area contributed by atoms with Crippen molar-refractivity contribution >= 4 is 11.8 Å². The number of fused-ring (bicyclic) bond motifs is 1. The van der Waals surface area contributed by atoms with Gasteiger partial charge in [0.2, 0.25) is 0 Å². The number of methoxy groups -OCH3 is 1. The molecule has 2 aliphatic heterocycles. The summed E-state index contributed by atoms with van der Waals surface area (Å²) in [5, 5.41) is 9.56. The van der Waals surface area contributed by atoms with Crippen LogP contribution in [0.1, 0.15) is 55.4 Å². The molecule has 43 heavy (non-hydrogen) atoms. The SMILES string of the molecule is CCC(CC)N1CCc2cc(COc3c(C)cccc3-c3cccc(N4CCC(C(=O)O)C(OC)C4)n3)cc(F)c2CC1. The third-order valence-corrected chi connectivity index (χ3v) is 9.23. The van der Waals surface area contributed by atoms with E-state index in [0.717, 1.165) is 83.9 Å². The molecular weight excluding hydrogens is 545 g/mol. The Bertz CT molecular complexity index is 1430. The Morgan fingerprint density at radius 1 is 1.09 bits per heavy atom. The number of pyridine rings is 1. The van der Waals surface area contributed by atoms with Crippen LogP contribution in [0.25, 0.3) is 11.3 Å². The number of ether oxygens (including phenoxy) is 2. The maximum absolute atomic E-state index is 15.4. The Balaban J connectivity index is 1.34. The lowest BCUT2D eigenvalue weighted by Crippen LogP contribution is -2.47. The van der Waals surface area contributed by atoms with E-state index in [1.807, 2.05) is 43.3 Å². The number of carboxylic acid groups (broad SMARTS) is 1. The van der Waals surface area contributed by atoms with Gasteiger partial charge in [-0.2, -0.15) is 0 Å². The summed E-state index contributed by atoms with van der Waals surface area (Å²) in [5.41, 5.74) is 5.37. The van der Waals surface area contributed by atoms with Gasteiger partial charge in [-0.15, -0.1) is 0 Å². The number of rotatable bonds is 10. The summed E-state index contributed by atoms with van der Waals surface area (Å²) in [6.07, 6.45) is 3.90. The predicted molar refractivity (Wildman–Crippen MR) is 167 cm³/mol. The first-order valence-corrected chi connectivity index (χ1v) is 15.6. The van der Waals surface area contributed by atoms with Gasteiger partial charge in [0.05, 0.1) is 17.7 Å². The van der Waals surface area contributed by atoms with Crippen LogP contribution in [-0.2, 0) is 29.0 Å². The molecule has 0 aliphatic carbocycles. The van der Waals surface area contributed by atoms with Gasteiger partial charge in [0.15, 0.2) is 0 Å². The second kappa shape index (κ2) is 13.9. The number of carbonyl (C=O) groups is 1. The van der Waals surface area contributed by atoms with Crippen LogP contribution in [0.2, 0.25) is 0 Å². The lowest BCUT2D eigenvalue weighted by atomic mass is 9.94. The molecule has 7 nitrogen and oxygen atoms in total. The Kier molecular flexibility index (Phi) is 9.98. The molecule has 0 saturated carbocycles. The van der Waals surface area contributed by atoms with Gasteiger partial charge >= 0.3 is 5.97 Å². The molecule has 1 fully saturated rings. The Labute approximate surface area is 254 Å². The highest BCUT2D eigenvalue weighted by Gasteiger charge is 2.35. The van der Waals surface area contributed by atoms with E-state index in [1.54, 1.807) is 13.2 Å². The van der Waals surface area contributed by atoms with Gasteiger partial charge in [-0.3, -0.25) is 9.69 Å². The second-order valence-electron chi connectivity index (χ2n) is 11.8. The average Bonchev–Trinajstić information content (AvgIpc) is 3.24. The Morgan fingerprint density at radius 2 is 1.86 bits per heavy atom. The van der Waals surface area contributed by atoms with Gasteiger partial charge in [-0.05, 0) is 85.5 Å². The summed E-state index contributed by atoms with van der Waals surface area (Å²) < 4.78 is 27.3. The van der Waals surface area contributed by atoms with Crippen molar-refractivity contribution in [2.24, 2.45) is 5.92 Å². The highest BCUT2D eigenvalue weighted by Crippen LogP contribution is 2.35. The summed E-state index contributed by atoms with van der Waals surface area (Å²) in [6, 6.07) is 16.1. The third kappa shape index (κ3) is 6.86. The zero-order valence-corrected chi connectivity index (χ0v) is 25.8. The molecule has 230 valence electrons. The van der Waals surface area contributed by atoms with Crippen LogP contribution in [0.4, 0.5) is 10.2 Å². The second-order valence-corrected chi connectivity index (χ2v) is 11.8. The number of hydrogen-bond donors (Lipinski definition) is 1. The molecular formula is C35H44FN3O4. The smallest absolute Gasteiger partial charge is 0.309 e. The predicted octanol–water partition coefficient (Wildman–Crippen LogP) is 6.29. The topological polar surface area (TPSA) is 75.1 Å². The fraction of sp³-hybridized carbons (Fsp3) is 0.486. The normalized spacial score (nSPS) is 19.3. The van der Waals surface area contributed by atoms with Crippen molar-refractivity contribution in [1.29, 1.82) is 0 Å². The fourth-order valence-electron chi connectivity index (χ4n) is 6.74. The maximum Gasteiger partial charge on any atom is 0.309 e. The molecule has 1 saturated heterocycles. The molecule has 2 unspecified atom stereocenters. The van der Waals surface area contributed by atoms with Crippen LogP contribution in [0.15, 0.2) is 48.5 Å². The number of hydrogen-bond acceptors (Lipinski definition) is 6. The molecule has 2 aliphatic rings. The number of aliphatic carboxylic acids is 1. The summed E-state index contributed by atoms with van der Waals surface area (Å²) >= 11 is 0. The van der Waals surface area contributed by atoms with Gasteiger partial charge in [-0.25, -0.2) is 9.37 Å². The summed E-state index contributed by atoms with van der Waals surface area (Å²) in [6.45, 7) is 9.62. The van der Waals surface area contributed by atoms with E-state index in [1.165, 1.54) is 0 Å². The van der Waals surface area contributed by atoms with Crippen molar-refractivity contribution in [2.75, 3.05) is 38.2 Å². The number of carboxylic acids is 1. The van der Waals surface area contributed by atoms with Gasteiger partial charge in [0.1, 0.15) is 24.0 Å². The maximum atomic E-state index is 15.4. The number of aryl methyl sites for hydroxylation is 1. The van der Waals surface area contributed by atoms with Crippen molar-refractivity contribution in [1.82, 2.24) is 9.88 Å². The number of aromatic nitrogens is 1. The van der Waals surface area contributed by atoms with Crippen molar-refractivity contribution < 1.29 is 23.8 Å². The molecule has 0 amide bonds. The molecule has 0 radical (unpaired) electrons. The van der Waals surface area contributed by atoms with Crippen LogP contribution in [0, 0.1) is 18.7 Å². The van der Waals surface area contributed by atoms with Crippen molar-refractivity contribution in [3.05, 3.63) is 76.6 Å². The first-order valence-electron chi connectivity index (χ1n) is 15.6. The molecule has 1 aromatic heterocycles. The van der Waals surface area contributed by atoms with Gasteiger partial charge in [-0.1, -0.05) is 38.1 Å². The van der Waals surface area contributed by atoms with Gasteiger partial charge in [0.25, 0.3) is 0 Å². The summed E-state index contributed by atoms with van der Waals surface area (Å²) in [5.74, 6) is 0.00559. The Morgan fingerprint density at radius 3 is 2.60 bits per heavy atom. The lowest BCUT2D eigenvalue weighted by Gasteiger charge is -2.36. The largest absolute Gasteiger partial charge is 0.488 e. The van der Waals surface area contributed by atoms with E-state index in [9.17, 15) is 9.90 Å². The molecule has 0 spiro atoms. The number of para-hydroxylation sites is 1. The number of halogens is 1. The first kappa shape index (κ1) is 31.0. The van der Waals surface area contributed by atoms with Gasteiger partial charge in [0, 0.05) is 44.9 Å². The zero-order valence-electron chi connectivity index (χ0n) is 25.8. The number of benzene rings is 2. The highest BCUT2D eigenvalue weighted by molar-refractivity contribution is 5.72. The van der Waals surface area contributed by atoms with Crippen molar-refractivity contribution in [2.45, 2.75) is 71.6 Å². The quantitative estimate of drug-likeness (QED) is 0.298. The van der Waals surface area contributed by atoms with E-state index < -0.39 is 18.0 Å². The highest BCUT2D eigenvalue weighted by atomic mass is 19.1. The zero-order chi connectivity index (χ0) is 30.5. The number of anilines is 1. The van der Waals surface area contributed by atoms with E-state index in [4.69, 9.17) is 14.5 Å². The fourth-order valence-corrected chi connectivity index (χ4v) is 6.74. The molecule has 2 aromatic carbocycles. The van der Waals surface area contributed by atoms with Crippen LogP contribution in [0.3, 0.4) is 0 Å². The minimum atomic E-state index is -0.826. The molecule has 2 atom stereocenters. The third-order valence-electron chi connectivity index (χ3n) is 9.23. The minimum Gasteiger partial charge on any atom is -0.488 e. The Hall–Kier alpha value is -3.49.